The first-order chi connectivity index (χ1) is 7.87. The van der Waals surface area contributed by atoms with Gasteiger partial charge in [0.25, 0.3) is 0 Å². The lowest BCUT2D eigenvalue weighted by molar-refractivity contribution is -0.151. The fraction of sp³-hybridized carbons (Fsp3) is 0.692. The summed E-state index contributed by atoms with van der Waals surface area (Å²) in [5, 5.41) is 8.37. The van der Waals surface area contributed by atoms with Gasteiger partial charge >= 0.3 is 11.9 Å². The van der Waals surface area contributed by atoms with Crippen molar-refractivity contribution in [2.45, 2.75) is 58.5 Å². The Morgan fingerprint density at radius 1 is 1.18 bits per heavy atom. The summed E-state index contributed by atoms with van der Waals surface area (Å²) in [6.45, 7) is 5.82. The van der Waals surface area contributed by atoms with Gasteiger partial charge in [0, 0.05) is 12.2 Å². The molecule has 98 valence electrons. The minimum Gasteiger partial charge on any atom is -0.478 e. The minimum absolute atomic E-state index is 0.534. The third-order valence-corrected chi connectivity index (χ3v) is 2.37. The molecular formula is C13H22O4. The van der Waals surface area contributed by atoms with Crippen LogP contribution in [0.25, 0.3) is 0 Å². The number of hydrogen-bond donors (Lipinski definition) is 1. The van der Waals surface area contributed by atoms with Crippen molar-refractivity contribution in [3.63, 3.8) is 0 Å². The number of carboxylic acids is 1. The summed E-state index contributed by atoms with van der Waals surface area (Å²) in [7, 11) is 0. The summed E-state index contributed by atoms with van der Waals surface area (Å²) in [5.74, 6) is -1.75. The molecule has 4 heteroatoms. The first kappa shape index (κ1) is 15.7. The molecule has 0 heterocycles. The molecule has 0 saturated carbocycles. The highest BCUT2D eigenvalue weighted by molar-refractivity contribution is 5.90. The smallest absolute Gasteiger partial charge is 0.331 e. The van der Waals surface area contributed by atoms with E-state index in [1.807, 2.05) is 13.8 Å². The topological polar surface area (TPSA) is 63.6 Å². The zero-order valence-corrected chi connectivity index (χ0v) is 10.9. The van der Waals surface area contributed by atoms with Crippen LogP contribution in [-0.2, 0) is 14.3 Å². The van der Waals surface area contributed by atoms with Crippen molar-refractivity contribution >= 4 is 11.9 Å². The van der Waals surface area contributed by atoms with Crippen molar-refractivity contribution in [2.24, 2.45) is 0 Å². The molecule has 0 aliphatic rings. The van der Waals surface area contributed by atoms with E-state index in [-0.39, 0.29) is 0 Å². The van der Waals surface area contributed by atoms with Crippen LogP contribution in [0.4, 0.5) is 0 Å². The lowest BCUT2D eigenvalue weighted by Crippen LogP contribution is -2.27. The standard InChI is InChI=1S/C13H22O4/c1-4-5-6-7-10-13(2,3)17-12(16)9-8-11(14)15/h8-9H,4-7,10H2,1-3H3,(H,14,15)/b9-8+. The highest BCUT2D eigenvalue weighted by Crippen LogP contribution is 2.19. The highest BCUT2D eigenvalue weighted by Gasteiger charge is 2.21. The fourth-order valence-electron chi connectivity index (χ4n) is 1.47. The molecule has 0 saturated heterocycles. The highest BCUT2D eigenvalue weighted by atomic mass is 16.6. The molecule has 0 aliphatic carbocycles. The molecule has 0 atom stereocenters. The second-order valence-electron chi connectivity index (χ2n) is 4.66. The van der Waals surface area contributed by atoms with E-state index < -0.39 is 17.5 Å². The van der Waals surface area contributed by atoms with Crippen LogP contribution >= 0.6 is 0 Å². The third kappa shape index (κ3) is 9.60. The van der Waals surface area contributed by atoms with Gasteiger partial charge in [-0.1, -0.05) is 26.2 Å². The maximum Gasteiger partial charge on any atom is 0.331 e. The van der Waals surface area contributed by atoms with Crippen LogP contribution in [0.3, 0.4) is 0 Å². The van der Waals surface area contributed by atoms with Crippen molar-refractivity contribution in [1.29, 1.82) is 0 Å². The van der Waals surface area contributed by atoms with Gasteiger partial charge in [-0.2, -0.15) is 0 Å². The van der Waals surface area contributed by atoms with Crippen LogP contribution in [0, 0.1) is 0 Å². The molecule has 0 radical (unpaired) electrons. The molecule has 0 aliphatic heterocycles. The van der Waals surface area contributed by atoms with Crippen LogP contribution < -0.4 is 0 Å². The monoisotopic (exact) mass is 242 g/mol. The number of unbranched alkanes of at least 4 members (excludes halogenated alkanes) is 3. The Morgan fingerprint density at radius 3 is 2.35 bits per heavy atom. The lowest BCUT2D eigenvalue weighted by Gasteiger charge is -2.24. The zero-order valence-electron chi connectivity index (χ0n) is 10.9. The van der Waals surface area contributed by atoms with Crippen LogP contribution in [-0.4, -0.2) is 22.6 Å². The molecule has 0 unspecified atom stereocenters. The van der Waals surface area contributed by atoms with Gasteiger partial charge in [0.05, 0.1) is 0 Å². The first-order valence-electron chi connectivity index (χ1n) is 6.01. The van der Waals surface area contributed by atoms with E-state index in [9.17, 15) is 9.59 Å². The molecule has 17 heavy (non-hydrogen) atoms. The Labute approximate surface area is 103 Å². The van der Waals surface area contributed by atoms with E-state index in [0.29, 0.717) is 0 Å². The second-order valence-corrected chi connectivity index (χ2v) is 4.66. The molecule has 0 aromatic carbocycles. The molecule has 0 bridgehead atoms. The van der Waals surface area contributed by atoms with Crippen molar-refractivity contribution in [3.8, 4) is 0 Å². The number of carbonyl (C=O) groups is 2. The number of esters is 1. The summed E-state index contributed by atoms with van der Waals surface area (Å²) in [4.78, 5) is 21.5. The van der Waals surface area contributed by atoms with Gasteiger partial charge in [-0.05, 0) is 26.7 Å². The van der Waals surface area contributed by atoms with Crippen molar-refractivity contribution in [1.82, 2.24) is 0 Å². The normalized spacial score (nSPS) is 11.7. The molecule has 4 nitrogen and oxygen atoms in total. The molecule has 0 fully saturated rings. The van der Waals surface area contributed by atoms with E-state index in [2.05, 4.69) is 6.92 Å². The number of aliphatic carboxylic acids is 1. The number of hydrogen-bond acceptors (Lipinski definition) is 3. The number of rotatable bonds is 8. The number of carbonyl (C=O) groups excluding carboxylic acids is 1. The summed E-state index contributed by atoms with van der Waals surface area (Å²) in [6.07, 6.45) is 7.01. The Bertz CT molecular complexity index is 279. The predicted octanol–water partition coefficient (Wildman–Crippen LogP) is 2.92. The van der Waals surface area contributed by atoms with Gasteiger partial charge in [-0.3, -0.25) is 0 Å². The lowest BCUT2D eigenvalue weighted by atomic mass is 10.00. The van der Waals surface area contributed by atoms with Crippen LogP contribution in [0.5, 0.6) is 0 Å². The minimum atomic E-state index is -1.15. The van der Waals surface area contributed by atoms with E-state index in [4.69, 9.17) is 9.84 Å². The quantitative estimate of drug-likeness (QED) is 0.404. The van der Waals surface area contributed by atoms with Crippen molar-refractivity contribution < 1.29 is 19.4 Å². The maximum absolute atomic E-state index is 11.3. The fourth-order valence-corrected chi connectivity index (χ4v) is 1.47. The summed E-state index contributed by atoms with van der Waals surface area (Å²) < 4.78 is 5.18. The van der Waals surface area contributed by atoms with Crippen molar-refractivity contribution in [3.05, 3.63) is 12.2 Å². The Kier molecular flexibility index (Phi) is 7.26. The molecular weight excluding hydrogens is 220 g/mol. The summed E-state index contributed by atoms with van der Waals surface area (Å²) >= 11 is 0. The molecule has 0 rings (SSSR count). The van der Waals surface area contributed by atoms with Gasteiger partial charge in [0.15, 0.2) is 0 Å². The largest absolute Gasteiger partial charge is 0.478 e. The van der Waals surface area contributed by atoms with Crippen LogP contribution in [0.2, 0.25) is 0 Å². The van der Waals surface area contributed by atoms with Gasteiger partial charge in [-0.15, -0.1) is 0 Å². The third-order valence-electron chi connectivity index (χ3n) is 2.37. The van der Waals surface area contributed by atoms with Gasteiger partial charge < -0.3 is 9.84 Å². The average Bonchev–Trinajstić information content (AvgIpc) is 2.21. The van der Waals surface area contributed by atoms with E-state index in [1.165, 1.54) is 12.8 Å². The van der Waals surface area contributed by atoms with Crippen LogP contribution in [0.15, 0.2) is 12.2 Å². The van der Waals surface area contributed by atoms with Crippen LogP contribution in [0.1, 0.15) is 52.9 Å². The van der Waals surface area contributed by atoms with Gasteiger partial charge in [0.2, 0.25) is 0 Å². The van der Waals surface area contributed by atoms with E-state index >= 15 is 0 Å². The molecule has 0 amide bonds. The van der Waals surface area contributed by atoms with Gasteiger partial charge in [-0.25, -0.2) is 9.59 Å². The maximum atomic E-state index is 11.3. The Balaban J connectivity index is 3.98. The zero-order chi connectivity index (χ0) is 13.3. The SMILES string of the molecule is CCCCCCC(C)(C)OC(=O)/C=C/C(=O)O. The first-order valence-corrected chi connectivity index (χ1v) is 6.01. The Hall–Kier alpha value is -1.32. The predicted molar refractivity (Wildman–Crippen MR) is 65.7 cm³/mol. The average molecular weight is 242 g/mol. The molecule has 0 aromatic rings. The molecule has 0 spiro atoms. The summed E-state index contributed by atoms with van der Waals surface area (Å²) in [5.41, 5.74) is -0.534. The van der Waals surface area contributed by atoms with Gasteiger partial charge in [0.1, 0.15) is 5.60 Å². The number of ether oxygens (including phenoxy) is 1. The summed E-state index contributed by atoms with van der Waals surface area (Å²) in [6, 6.07) is 0. The Morgan fingerprint density at radius 2 is 1.82 bits per heavy atom. The molecule has 1 N–H and O–H groups in total. The number of carboxylic acid groups (broad SMARTS) is 1. The molecule has 0 aromatic heterocycles. The second kappa shape index (κ2) is 7.87. The van der Waals surface area contributed by atoms with Crippen molar-refractivity contribution in [2.75, 3.05) is 0 Å². The van der Waals surface area contributed by atoms with E-state index in [0.717, 1.165) is 31.4 Å². The van der Waals surface area contributed by atoms with E-state index in [1.54, 1.807) is 0 Å².